The number of rotatable bonds is 2. The summed E-state index contributed by atoms with van der Waals surface area (Å²) >= 11 is 0. The zero-order valence-corrected chi connectivity index (χ0v) is 5.27. The molecule has 0 heterocycles. The standard InChI is InChI=1S/C5H10BNO/c1-4(3-6)7-5(2)8/h4H,3H2,1-2H3,(H,7,8). The van der Waals surface area contributed by atoms with Crippen LogP contribution in [0.1, 0.15) is 13.8 Å². The van der Waals surface area contributed by atoms with E-state index in [0.717, 1.165) is 0 Å². The van der Waals surface area contributed by atoms with Crippen molar-refractivity contribution >= 4 is 13.8 Å². The highest BCUT2D eigenvalue weighted by Gasteiger charge is 1.96. The Morgan fingerprint density at radius 2 is 2.38 bits per heavy atom. The minimum absolute atomic E-state index is 0.0250. The second-order valence-corrected chi connectivity index (χ2v) is 1.84. The topological polar surface area (TPSA) is 29.1 Å². The van der Waals surface area contributed by atoms with Gasteiger partial charge in [-0.15, -0.1) is 0 Å². The summed E-state index contributed by atoms with van der Waals surface area (Å²) in [6.45, 7) is 3.34. The van der Waals surface area contributed by atoms with E-state index < -0.39 is 0 Å². The normalized spacial score (nSPS) is 12.8. The van der Waals surface area contributed by atoms with E-state index in [9.17, 15) is 4.79 Å². The zero-order chi connectivity index (χ0) is 6.57. The minimum atomic E-state index is -0.0250. The smallest absolute Gasteiger partial charge is 0.217 e. The Kier molecular flexibility index (Phi) is 3.32. The van der Waals surface area contributed by atoms with Crippen molar-refractivity contribution in [1.82, 2.24) is 5.32 Å². The van der Waals surface area contributed by atoms with Crippen molar-refractivity contribution in [3.05, 3.63) is 0 Å². The van der Waals surface area contributed by atoms with Crippen molar-refractivity contribution in [1.29, 1.82) is 0 Å². The molecule has 0 rings (SSSR count). The highest BCUT2D eigenvalue weighted by atomic mass is 16.1. The Morgan fingerprint density at radius 3 is 2.50 bits per heavy atom. The van der Waals surface area contributed by atoms with Gasteiger partial charge < -0.3 is 5.32 Å². The molecule has 0 bridgehead atoms. The van der Waals surface area contributed by atoms with Crippen LogP contribution in [0.5, 0.6) is 0 Å². The van der Waals surface area contributed by atoms with Crippen molar-refractivity contribution in [2.75, 3.05) is 0 Å². The van der Waals surface area contributed by atoms with Crippen LogP contribution < -0.4 is 5.32 Å². The monoisotopic (exact) mass is 111 g/mol. The van der Waals surface area contributed by atoms with Gasteiger partial charge in [0.1, 0.15) is 0 Å². The first-order chi connectivity index (χ1) is 3.66. The van der Waals surface area contributed by atoms with E-state index in [1.54, 1.807) is 0 Å². The van der Waals surface area contributed by atoms with Crippen LogP contribution in [0.25, 0.3) is 0 Å². The van der Waals surface area contributed by atoms with Gasteiger partial charge in [0.05, 0.1) is 7.85 Å². The quantitative estimate of drug-likeness (QED) is 0.503. The lowest BCUT2D eigenvalue weighted by Gasteiger charge is -2.07. The number of hydrogen-bond donors (Lipinski definition) is 1. The van der Waals surface area contributed by atoms with Gasteiger partial charge in [0.2, 0.25) is 5.91 Å². The second-order valence-electron chi connectivity index (χ2n) is 1.84. The minimum Gasteiger partial charge on any atom is -0.355 e. The third-order valence-electron chi connectivity index (χ3n) is 0.803. The van der Waals surface area contributed by atoms with E-state index in [1.165, 1.54) is 6.92 Å². The van der Waals surface area contributed by atoms with Crippen LogP contribution in [-0.4, -0.2) is 19.8 Å². The van der Waals surface area contributed by atoms with E-state index >= 15 is 0 Å². The summed E-state index contributed by atoms with van der Waals surface area (Å²) < 4.78 is 0. The lowest BCUT2D eigenvalue weighted by molar-refractivity contribution is -0.119. The summed E-state index contributed by atoms with van der Waals surface area (Å²) in [7, 11) is 5.21. The van der Waals surface area contributed by atoms with Crippen LogP contribution in [0.15, 0.2) is 0 Å². The molecule has 0 saturated heterocycles. The molecule has 1 amide bonds. The molecule has 1 N–H and O–H groups in total. The third kappa shape index (κ3) is 3.72. The maximum Gasteiger partial charge on any atom is 0.217 e. The Labute approximate surface area is 51.1 Å². The first-order valence-electron chi connectivity index (χ1n) is 2.64. The molecule has 2 radical (unpaired) electrons. The molecule has 0 aromatic rings. The van der Waals surface area contributed by atoms with Crippen molar-refractivity contribution < 1.29 is 4.79 Å². The molecule has 1 unspecified atom stereocenters. The van der Waals surface area contributed by atoms with Gasteiger partial charge in [0.15, 0.2) is 0 Å². The lowest BCUT2D eigenvalue weighted by atomic mass is 9.99. The maximum atomic E-state index is 10.2. The van der Waals surface area contributed by atoms with Gasteiger partial charge in [-0.25, -0.2) is 0 Å². The van der Waals surface area contributed by atoms with Crippen LogP contribution in [0.2, 0.25) is 6.32 Å². The summed E-state index contributed by atoms with van der Waals surface area (Å²) in [5, 5.41) is 2.63. The molecular weight excluding hydrogens is 101 g/mol. The van der Waals surface area contributed by atoms with Gasteiger partial charge in [-0.05, 0) is 6.92 Å². The van der Waals surface area contributed by atoms with E-state index in [-0.39, 0.29) is 11.9 Å². The second kappa shape index (κ2) is 3.53. The number of amides is 1. The third-order valence-corrected chi connectivity index (χ3v) is 0.803. The molecule has 0 aliphatic heterocycles. The fourth-order valence-corrected chi connectivity index (χ4v) is 0.406. The Morgan fingerprint density at radius 1 is 1.88 bits per heavy atom. The SMILES string of the molecule is [B]CC(C)NC(C)=O. The zero-order valence-electron chi connectivity index (χ0n) is 5.27. The van der Waals surface area contributed by atoms with E-state index in [0.29, 0.717) is 6.32 Å². The van der Waals surface area contributed by atoms with Gasteiger partial charge in [-0.2, -0.15) is 0 Å². The largest absolute Gasteiger partial charge is 0.355 e. The van der Waals surface area contributed by atoms with Crippen molar-refractivity contribution in [3.8, 4) is 0 Å². The predicted octanol–water partition coefficient (Wildman–Crippen LogP) is 0.0978. The Bertz CT molecular complexity index is 84.5. The highest BCUT2D eigenvalue weighted by molar-refractivity contribution is 6.09. The summed E-state index contributed by atoms with van der Waals surface area (Å²) in [6, 6.07) is 0.104. The van der Waals surface area contributed by atoms with Crippen LogP contribution in [0, 0.1) is 0 Å². The van der Waals surface area contributed by atoms with E-state index in [1.807, 2.05) is 6.92 Å². The van der Waals surface area contributed by atoms with Crippen LogP contribution in [0.3, 0.4) is 0 Å². The van der Waals surface area contributed by atoms with Gasteiger partial charge in [-0.3, -0.25) is 4.79 Å². The molecule has 0 fully saturated rings. The Balaban J connectivity index is 3.24. The molecule has 3 heteroatoms. The summed E-state index contributed by atoms with van der Waals surface area (Å²) in [5.74, 6) is -0.0250. The van der Waals surface area contributed by atoms with Crippen LogP contribution in [0.4, 0.5) is 0 Å². The first-order valence-corrected chi connectivity index (χ1v) is 2.64. The van der Waals surface area contributed by atoms with Crippen molar-refractivity contribution in [2.45, 2.75) is 26.2 Å². The van der Waals surface area contributed by atoms with Crippen LogP contribution in [-0.2, 0) is 4.79 Å². The van der Waals surface area contributed by atoms with Gasteiger partial charge in [0.25, 0.3) is 0 Å². The molecule has 0 aliphatic carbocycles. The van der Waals surface area contributed by atoms with E-state index in [2.05, 4.69) is 5.32 Å². The molecule has 0 aromatic carbocycles. The molecular formula is C5H10BNO. The van der Waals surface area contributed by atoms with Crippen molar-refractivity contribution in [3.63, 3.8) is 0 Å². The van der Waals surface area contributed by atoms with Gasteiger partial charge in [-0.1, -0.05) is 6.32 Å². The maximum absolute atomic E-state index is 10.2. The number of nitrogens with one attached hydrogen (secondary N) is 1. The number of carbonyl (C=O) groups excluding carboxylic acids is 1. The fraction of sp³-hybridized carbons (Fsp3) is 0.800. The summed E-state index contributed by atoms with van der Waals surface area (Å²) in [5.41, 5.74) is 0. The number of hydrogen-bond acceptors (Lipinski definition) is 1. The molecule has 0 aromatic heterocycles. The molecule has 1 atom stereocenters. The number of carbonyl (C=O) groups is 1. The Hall–Kier alpha value is -0.465. The summed E-state index contributed by atoms with van der Waals surface area (Å²) in [6.07, 6.45) is 0.500. The first kappa shape index (κ1) is 7.53. The lowest BCUT2D eigenvalue weighted by Crippen LogP contribution is -2.29. The van der Waals surface area contributed by atoms with Crippen molar-refractivity contribution in [2.24, 2.45) is 0 Å². The molecule has 44 valence electrons. The van der Waals surface area contributed by atoms with Gasteiger partial charge >= 0.3 is 0 Å². The molecule has 2 nitrogen and oxygen atoms in total. The fourth-order valence-electron chi connectivity index (χ4n) is 0.406. The molecule has 8 heavy (non-hydrogen) atoms. The summed E-state index contributed by atoms with van der Waals surface area (Å²) in [4.78, 5) is 10.2. The average Bonchev–Trinajstić information content (AvgIpc) is 1.65. The molecule has 0 saturated carbocycles. The van der Waals surface area contributed by atoms with E-state index in [4.69, 9.17) is 7.85 Å². The molecule has 0 aliphatic rings. The average molecular weight is 111 g/mol. The van der Waals surface area contributed by atoms with Crippen LogP contribution >= 0.6 is 0 Å². The highest BCUT2D eigenvalue weighted by Crippen LogP contribution is 1.83. The molecule has 0 spiro atoms. The van der Waals surface area contributed by atoms with Gasteiger partial charge in [0, 0.05) is 13.0 Å². The predicted molar refractivity (Wildman–Crippen MR) is 33.8 cm³/mol.